The number of nitriles is 1. The average Bonchev–Trinajstić information content (AvgIpc) is 2.72. The summed E-state index contributed by atoms with van der Waals surface area (Å²) in [5.41, 5.74) is 2.53. The fourth-order valence-electron chi connectivity index (χ4n) is 1.74. The predicted molar refractivity (Wildman–Crippen MR) is 67.2 cm³/mol. The molecule has 17 heavy (non-hydrogen) atoms. The van der Waals surface area contributed by atoms with Crippen LogP contribution in [0.15, 0.2) is 36.4 Å². The molecular formula is C14H15N3. The van der Waals surface area contributed by atoms with Crippen molar-refractivity contribution in [3.8, 4) is 17.3 Å². The minimum atomic E-state index is 0.477. The number of hydrogen-bond acceptors (Lipinski definition) is 2. The standard InChI is InChI=1S/C14H15N3/c1-11(2)10-17-13(9-15)8-14(16-17)12-6-4-3-5-7-12/h3-8,11H,10H2,1-2H3. The molecule has 3 heteroatoms. The zero-order chi connectivity index (χ0) is 12.3. The van der Waals surface area contributed by atoms with E-state index in [1.54, 1.807) is 4.68 Å². The molecule has 0 fully saturated rings. The van der Waals surface area contributed by atoms with Gasteiger partial charge in [0.1, 0.15) is 11.8 Å². The van der Waals surface area contributed by atoms with Crippen LogP contribution in [0.1, 0.15) is 19.5 Å². The van der Waals surface area contributed by atoms with Gasteiger partial charge < -0.3 is 0 Å². The van der Waals surface area contributed by atoms with E-state index in [1.807, 2.05) is 36.4 Å². The molecule has 0 spiro atoms. The molecule has 0 unspecified atom stereocenters. The van der Waals surface area contributed by atoms with Crippen molar-refractivity contribution in [2.24, 2.45) is 5.92 Å². The van der Waals surface area contributed by atoms with Gasteiger partial charge in [0, 0.05) is 18.2 Å². The molecule has 1 aromatic carbocycles. The summed E-state index contributed by atoms with van der Waals surface area (Å²) in [4.78, 5) is 0. The average molecular weight is 225 g/mol. The quantitative estimate of drug-likeness (QED) is 0.805. The Morgan fingerprint density at radius 1 is 1.29 bits per heavy atom. The van der Waals surface area contributed by atoms with Gasteiger partial charge in [-0.15, -0.1) is 0 Å². The molecule has 1 heterocycles. The van der Waals surface area contributed by atoms with E-state index in [9.17, 15) is 0 Å². The molecule has 0 aliphatic carbocycles. The molecule has 0 atom stereocenters. The van der Waals surface area contributed by atoms with Gasteiger partial charge in [0.05, 0.1) is 5.69 Å². The largest absolute Gasteiger partial charge is 0.254 e. The minimum absolute atomic E-state index is 0.477. The monoisotopic (exact) mass is 225 g/mol. The van der Waals surface area contributed by atoms with Gasteiger partial charge >= 0.3 is 0 Å². The smallest absolute Gasteiger partial charge is 0.139 e. The molecule has 2 aromatic rings. The number of aromatic nitrogens is 2. The fourth-order valence-corrected chi connectivity index (χ4v) is 1.74. The van der Waals surface area contributed by atoms with Gasteiger partial charge in [-0.1, -0.05) is 44.2 Å². The Balaban J connectivity index is 2.39. The highest BCUT2D eigenvalue weighted by Crippen LogP contribution is 2.19. The minimum Gasteiger partial charge on any atom is -0.254 e. The molecule has 2 rings (SSSR count). The van der Waals surface area contributed by atoms with Gasteiger partial charge in [-0.3, -0.25) is 4.68 Å². The van der Waals surface area contributed by atoms with Crippen molar-refractivity contribution < 1.29 is 0 Å². The fraction of sp³-hybridized carbons (Fsp3) is 0.286. The van der Waals surface area contributed by atoms with Crippen LogP contribution < -0.4 is 0 Å². The molecule has 0 saturated carbocycles. The van der Waals surface area contributed by atoms with Crippen molar-refractivity contribution in [2.75, 3.05) is 0 Å². The molecule has 86 valence electrons. The molecule has 0 aliphatic rings. The summed E-state index contributed by atoms with van der Waals surface area (Å²) in [5.74, 6) is 0.477. The third-order valence-corrected chi connectivity index (χ3v) is 2.50. The Bertz CT molecular complexity index is 532. The normalized spacial score (nSPS) is 10.5. The van der Waals surface area contributed by atoms with E-state index in [2.05, 4.69) is 25.0 Å². The second-order valence-corrected chi connectivity index (χ2v) is 4.47. The van der Waals surface area contributed by atoms with Gasteiger partial charge in [0.15, 0.2) is 0 Å². The highest BCUT2D eigenvalue weighted by Gasteiger charge is 2.09. The number of benzene rings is 1. The molecule has 0 aliphatic heterocycles. The van der Waals surface area contributed by atoms with Gasteiger partial charge in [0.2, 0.25) is 0 Å². The van der Waals surface area contributed by atoms with Crippen LogP contribution >= 0.6 is 0 Å². The molecule has 0 amide bonds. The highest BCUT2D eigenvalue weighted by molar-refractivity contribution is 5.60. The summed E-state index contributed by atoms with van der Waals surface area (Å²) in [5, 5.41) is 13.6. The summed E-state index contributed by atoms with van der Waals surface area (Å²) in [7, 11) is 0. The number of rotatable bonds is 3. The van der Waals surface area contributed by atoms with Gasteiger partial charge in [-0.05, 0) is 5.92 Å². The summed E-state index contributed by atoms with van der Waals surface area (Å²) in [6.07, 6.45) is 0. The molecule has 1 aromatic heterocycles. The summed E-state index contributed by atoms with van der Waals surface area (Å²) in [6.45, 7) is 5.01. The van der Waals surface area contributed by atoms with Crippen molar-refractivity contribution in [1.82, 2.24) is 9.78 Å². The molecule has 0 saturated heterocycles. The number of hydrogen-bond donors (Lipinski definition) is 0. The lowest BCUT2D eigenvalue weighted by Crippen LogP contribution is -2.08. The Labute approximate surface area is 101 Å². The van der Waals surface area contributed by atoms with Crippen molar-refractivity contribution in [3.63, 3.8) is 0 Å². The van der Waals surface area contributed by atoms with E-state index < -0.39 is 0 Å². The number of nitrogens with zero attached hydrogens (tertiary/aromatic N) is 3. The maximum absolute atomic E-state index is 9.08. The zero-order valence-corrected chi connectivity index (χ0v) is 10.1. The van der Waals surface area contributed by atoms with E-state index in [4.69, 9.17) is 5.26 Å². The zero-order valence-electron chi connectivity index (χ0n) is 10.1. The van der Waals surface area contributed by atoms with E-state index in [-0.39, 0.29) is 0 Å². The van der Waals surface area contributed by atoms with Crippen molar-refractivity contribution in [1.29, 1.82) is 5.26 Å². The molecule has 0 radical (unpaired) electrons. The van der Waals surface area contributed by atoms with Crippen LogP contribution in [0.4, 0.5) is 0 Å². The van der Waals surface area contributed by atoms with Crippen LogP contribution in [0.5, 0.6) is 0 Å². The second-order valence-electron chi connectivity index (χ2n) is 4.47. The molecule has 0 N–H and O–H groups in total. The third kappa shape index (κ3) is 2.54. The summed E-state index contributed by atoms with van der Waals surface area (Å²) in [6, 6.07) is 14.0. The van der Waals surface area contributed by atoms with Crippen LogP contribution in [0.3, 0.4) is 0 Å². The molecular weight excluding hydrogens is 210 g/mol. The van der Waals surface area contributed by atoms with Crippen molar-refractivity contribution in [2.45, 2.75) is 20.4 Å². The van der Waals surface area contributed by atoms with E-state index in [0.29, 0.717) is 11.6 Å². The summed E-state index contributed by atoms with van der Waals surface area (Å²) < 4.78 is 1.78. The Morgan fingerprint density at radius 3 is 2.59 bits per heavy atom. The van der Waals surface area contributed by atoms with Crippen LogP contribution in [-0.4, -0.2) is 9.78 Å². The topological polar surface area (TPSA) is 41.6 Å². The Kier molecular flexibility index (Phi) is 3.24. The van der Waals surface area contributed by atoms with Crippen LogP contribution in [-0.2, 0) is 6.54 Å². The Hall–Kier alpha value is -2.08. The first-order valence-electron chi connectivity index (χ1n) is 5.74. The maximum Gasteiger partial charge on any atom is 0.139 e. The first kappa shape index (κ1) is 11.4. The second kappa shape index (κ2) is 4.84. The molecule has 3 nitrogen and oxygen atoms in total. The predicted octanol–water partition coefficient (Wildman–Crippen LogP) is 3.08. The summed E-state index contributed by atoms with van der Waals surface area (Å²) >= 11 is 0. The van der Waals surface area contributed by atoms with E-state index >= 15 is 0 Å². The Morgan fingerprint density at radius 2 is 2.00 bits per heavy atom. The van der Waals surface area contributed by atoms with E-state index in [0.717, 1.165) is 17.8 Å². The maximum atomic E-state index is 9.08. The highest BCUT2D eigenvalue weighted by atomic mass is 15.3. The van der Waals surface area contributed by atoms with Gasteiger partial charge in [-0.25, -0.2) is 0 Å². The lowest BCUT2D eigenvalue weighted by molar-refractivity contribution is 0.480. The lowest BCUT2D eigenvalue weighted by Gasteiger charge is -2.05. The van der Waals surface area contributed by atoms with Crippen molar-refractivity contribution >= 4 is 0 Å². The van der Waals surface area contributed by atoms with Crippen LogP contribution in [0.2, 0.25) is 0 Å². The molecule has 0 bridgehead atoms. The lowest BCUT2D eigenvalue weighted by atomic mass is 10.1. The SMILES string of the molecule is CC(C)Cn1nc(-c2ccccc2)cc1C#N. The van der Waals surface area contributed by atoms with Crippen molar-refractivity contribution in [3.05, 3.63) is 42.1 Å². The van der Waals surface area contributed by atoms with Gasteiger partial charge in [-0.2, -0.15) is 10.4 Å². The first-order valence-corrected chi connectivity index (χ1v) is 5.74. The van der Waals surface area contributed by atoms with E-state index in [1.165, 1.54) is 0 Å². The third-order valence-electron chi connectivity index (χ3n) is 2.50. The van der Waals surface area contributed by atoms with Gasteiger partial charge in [0.25, 0.3) is 0 Å². The van der Waals surface area contributed by atoms with Crippen LogP contribution in [0, 0.1) is 17.2 Å². The first-order chi connectivity index (χ1) is 8.20. The van der Waals surface area contributed by atoms with Crippen LogP contribution in [0.25, 0.3) is 11.3 Å².